The zero-order valence-electron chi connectivity index (χ0n) is 11.7. The number of ketones is 1. The summed E-state index contributed by atoms with van der Waals surface area (Å²) < 4.78 is 4.55. The Labute approximate surface area is 134 Å². The highest BCUT2D eigenvalue weighted by molar-refractivity contribution is 6.61. The molecule has 1 heterocycles. The van der Waals surface area contributed by atoms with Crippen LogP contribution in [0.3, 0.4) is 0 Å². The molecule has 1 unspecified atom stereocenters. The lowest BCUT2D eigenvalue weighted by atomic mass is 9.96. The van der Waals surface area contributed by atoms with Crippen LogP contribution in [0.1, 0.15) is 18.4 Å². The molecular formula is C15H19Cl2NO3. The molecule has 0 aliphatic carbocycles. The van der Waals surface area contributed by atoms with Crippen molar-refractivity contribution >= 4 is 34.4 Å². The summed E-state index contributed by atoms with van der Waals surface area (Å²) in [6.45, 7) is 1.91. The molecule has 0 saturated carbocycles. The summed E-state index contributed by atoms with van der Waals surface area (Å²) in [5.74, 6) is 1.16. The molecule has 21 heavy (non-hydrogen) atoms. The second-order valence-electron chi connectivity index (χ2n) is 4.61. The molecule has 116 valence electrons. The molecule has 4 nitrogen and oxygen atoms in total. The molecule has 0 aromatic heterocycles. The molecule has 1 saturated heterocycles. The van der Waals surface area contributed by atoms with Gasteiger partial charge in [0.15, 0.2) is 0 Å². The van der Waals surface area contributed by atoms with Gasteiger partial charge in [-0.15, -0.1) is 11.6 Å². The van der Waals surface area contributed by atoms with Crippen LogP contribution in [0, 0.1) is 5.92 Å². The van der Waals surface area contributed by atoms with Crippen LogP contribution in [0.15, 0.2) is 30.3 Å². The molecule has 1 aromatic carbocycles. The standard InChI is InChI=1S/C8H7ClO2.C7H12ClNO/c9-8(10)11-6-7-4-2-1-3-5-7;8-3-1-6-5-9-4-2-7(6)10/h1-5H,6H2;6,9H,1-5H2. The van der Waals surface area contributed by atoms with Crippen molar-refractivity contribution in [3.8, 4) is 0 Å². The number of rotatable bonds is 4. The molecule has 0 spiro atoms. The van der Waals surface area contributed by atoms with Gasteiger partial charge in [-0.05, 0) is 12.0 Å². The minimum absolute atomic E-state index is 0.186. The van der Waals surface area contributed by atoms with Gasteiger partial charge < -0.3 is 10.1 Å². The fourth-order valence-electron chi connectivity index (χ4n) is 1.91. The van der Waals surface area contributed by atoms with E-state index >= 15 is 0 Å². The van der Waals surface area contributed by atoms with E-state index in [9.17, 15) is 9.59 Å². The summed E-state index contributed by atoms with van der Waals surface area (Å²) in [6, 6.07) is 9.36. The van der Waals surface area contributed by atoms with E-state index in [1.165, 1.54) is 0 Å². The van der Waals surface area contributed by atoms with E-state index in [0.29, 0.717) is 18.1 Å². The van der Waals surface area contributed by atoms with Crippen molar-refractivity contribution in [2.24, 2.45) is 5.92 Å². The first-order valence-electron chi connectivity index (χ1n) is 6.79. The van der Waals surface area contributed by atoms with Crippen molar-refractivity contribution in [1.82, 2.24) is 5.32 Å². The third-order valence-corrected chi connectivity index (χ3v) is 3.37. The lowest BCUT2D eigenvalue weighted by molar-refractivity contribution is -0.123. The molecule has 1 fully saturated rings. The molecule has 6 heteroatoms. The SMILES string of the molecule is O=C(Cl)OCc1ccccc1.O=C1CCNCC1CCCl. The third-order valence-electron chi connectivity index (χ3n) is 3.05. The average molecular weight is 332 g/mol. The predicted molar refractivity (Wildman–Crippen MR) is 83.8 cm³/mol. The van der Waals surface area contributed by atoms with E-state index < -0.39 is 5.43 Å². The minimum Gasteiger partial charge on any atom is -0.449 e. The summed E-state index contributed by atoms with van der Waals surface area (Å²) >= 11 is 10.5. The first-order valence-corrected chi connectivity index (χ1v) is 7.70. The van der Waals surface area contributed by atoms with Gasteiger partial charge in [0.05, 0.1) is 0 Å². The van der Waals surface area contributed by atoms with Gasteiger partial charge in [-0.3, -0.25) is 4.79 Å². The highest BCUT2D eigenvalue weighted by atomic mass is 35.5. The molecule has 1 aliphatic rings. The lowest BCUT2D eigenvalue weighted by Crippen LogP contribution is -2.36. The molecule has 0 radical (unpaired) electrons. The fourth-order valence-corrected chi connectivity index (χ4v) is 2.23. The predicted octanol–water partition coefficient (Wildman–Crippen LogP) is 3.36. The average Bonchev–Trinajstić information content (AvgIpc) is 2.49. The van der Waals surface area contributed by atoms with E-state index in [1.807, 2.05) is 30.3 Å². The Hall–Kier alpha value is -1.10. The number of hydrogen-bond donors (Lipinski definition) is 1. The topological polar surface area (TPSA) is 55.4 Å². The largest absolute Gasteiger partial charge is 0.449 e. The summed E-state index contributed by atoms with van der Waals surface area (Å²) in [5.41, 5.74) is 0.162. The van der Waals surface area contributed by atoms with Crippen molar-refractivity contribution in [3.63, 3.8) is 0 Å². The van der Waals surface area contributed by atoms with Gasteiger partial charge in [0.1, 0.15) is 12.4 Å². The number of halogens is 2. The van der Waals surface area contributed by atoms with Crippen LogP contribution in [0.25, 0.3) is 0 Å². The van der Waals surface area contributed by atoms with Gasteiger partial charge in [0.25, 0.3) is 0 Å². The minimum atomic E-state index is -0.770. The van der Waals surface area contributed by atoms with Crippen LogP contribution >= 0.6 is 23.2 Å². The monoisotopic (exact) mass is 331 g/mol. The zero-order valence-corrected chi connectivity index (χ0v) is 13.2. The molecule has 0 bridgehead atoms. The summed E-state index contributed by atoms with van der Waals surface area (Å²) in [4.78, 5) is 21.2. The molecule has 0 amide bonds. The second kappa shape index (κ2) is 10.6. The van der Waals surface area contributed by atoms with Crippen molar-refractivity contribution in [3.05, 3.63) is 35.9 Å². The summed E-state index contributed by atoms with van der Waals surface area (Å²) in [5, 5.41) is 3.17. The summed E-state index contributed by atoms with van der Waals surface area (Å²) in [6.07, 6.45) is 1.51. The van der Waals surface area contributed by atoms with E-state index in [0.717, 1.165) is 25.1 Å². The number of nitrogens with one attached hydrogen (secondary N) is 1. The molecule has 1 aromatic rings. The summed E-state index contributed by atoms with van der Waals surface area (Å²) in [7, 11) is 0. The first kappa shape index (κ1) is 18.0. The van der Waals surface area contributed by atoms with Gasteiger partial charge in [-0.1, -0.05) is 30.3 Å². The van der Waals surface area contributed by atoms with Crippen LogP contribution in [0.4, 0.5) is 4.79 Å². The third kappa shape index (κ3) is 8.05. The number of carbonyl (C=O) groups excluding carboxylic acids is 2. The Kier molecular flexibility index (Phi) is 9.06. The zero-order chi connectivity index (χ0) is 15.5. The Morgan fingerprint density at radius 3 is 2.62 bits per heavy atom. The number of carbonyl (C=O) groups is 2. The smallest absolute Gasteiger partial charge is 0.404 e. The number of piperidine rings is 1. The van der Waals surface area contributed by atoms with E-state index in [-0.39, 0.29) is 12.5 Å². The highest BCUT2D eigenvalue weighted by Gasteiger charge is 2.20. The van der Waals surface area contributed by atoms with Crippen LogP contribution in [-0.2, 0) is 16.1 Å². The van der Waals surface area contributed by atoms with Crippen LogP contribution in [0.5, 0.6) is 0 Å². The Morgan fingerprint density at radius 1 is 1.33 bits per heavy atom. The Bertz CT molecular complexity index is 438. The number of alkyl halides is 1. The molecule has 1 N–H and O–H groups in total. The van der Waals surface area contributed by atoms with Gasteiger partial charge in [-0.2, -0.15) is 0 Å². The van der Waals surface area contributed by atoms with E-state index in [2.05, 4.69) is 10.1 Å². The van der Waals surface area contributed by atoms with Gasteiger partial charge in [0, 0.05) is 42.9 Å². The van der Waals surface area contributed by atoms with Crippen LogP contribution in [-0.4, -0.2) is 30.2 Å². The molecule has 1 atom stereocenters. The van der Waals surface area contributed by atoms with E-state index in [4.69, 9.17) is 23.2 Å². The molecule has 1 aliphatic heterocycles. The van der Waals surface area contributed by atoms with Crippen molar-refractivity contribution in [1.29, 1.82) is 0 Å². The quantitative estimate of drug-likeness (QED) is 0.679. The van der Waals surface area contributed by atoms with Crippen LogP contribution in [0.2, 0.25) is 0 Å². The Morgan fingerprint density at radius 2 is 2.05 bits per heavy atom. The fraction of sp³-hybridized carbons (Fsp3) is 0.467. The lowest BCUT2D eigenvalue weighted by Gasteiger charge is -2.20. The maximum atomic E-state index is 11.1. The number of hydrogen-bond acceptors (Lipinski definition) is 4. The molecule has 2 rings (SSSR count). The first-order chi connectivity index (χ1) is 10.1. The Balaban J connectivity index is 0.000000211. The number of benzene rings is 1. The van der Waals surface area contributed by atoms with Crippen LogP contribution < -0.4 is 5.32 Å². The normalized spacial score (nSPS) is 17.6. The maximum Gasteiger partial charge on any atom is 0.404 e. The highest BCUT2D eigenvalue weighted by Crippen LogP contribution is 2.10. The van der Waals surface area contributed by atoms with Gasteiger partial charge >= 0.3 is 5.43 Å². The van der Waals surface area contributed by atoms with Crippen molar-refractivity contribution in [2.45, 2.75) is 19.4 Å². The van der Waals surface area contributed by atoms with Crippen molar-refractivity contribution in [2.75, 3.05) is 19.0 Å². The maximum absolute atomic E-state index is 11.1. The van der Waals surface area contributed by atoms with Gasteiger partial charge in [-0.25, -0.2) is 4.79 Å². The van der Waals surface area contributed by atoms with Gasteiger partial charge in [0.2, 0.25) is 0 Å². The number of Topliss-reactive ketones (excluding diaryl/α,β-unsaturated/α-hetero) is 1. The second-order valence-corrected chi connectivity index (χ2v) is 5.29. The van der Waals surface area contributed by atoms with Crippen molar-refractivity contribution < 1.29 is 14.3 Å². The molecular weight excluding hydrogens is 313 g/mol. The number of ether oxygens (including phenoxy) is 1. The van der Waals surface area contributed by atoms with E-state index in [1.54, 1.807) is 0 Å².